The van der Waals surface area contributed by atoms with Crippen LogP contribution in [0.5, 0.6) is 0 Å². The molecule has 1 fully saturated rings. The SMILES string of the molecule is CN(CC1(N(C)C)CCC1)c1ccc2ncccc2c1N. The molecule has 0 atom stereocenters. The molecule has 21 heavy (non-hydrogen) atoms. The molecule has 1 aliphatic rings. The summed E-state index contributed by atoms with van der Waals surface area (Å²) in [6.45, 7) is 1.01. The molecule has 0 unspecified atom stereocenters. The molecule has 0 radical (unpaired) electrons. The second-order valence-corrected chi connectivity index (χ2v) is 6.40. The lowest BCUT2D eigenvalue weighted by molar-refractivity contribution is 0.0683. The number of likely N-dealkylation sites (N-methyl/N-ethyl adjacent to an activating group) is 2. The van der Waals surface area contributed by atoms with Crippen LogP contribution >= 0.6 is 0 Å². The van der Waals surface area contributed by atoms with Crippen molar-refractivity contribution >= 4 is 22.3 Å². The topological polar surface area (TPSA) is 45.4 Å². The van der Waals surface area contributed by atoms with E-state index in [1.54, 1.807) is 6.20 Å². The van der Waals surface area contributed by atoms with Gasteiger partial charge in [0.05, 0.1) is 16.9 Å². The van der Waals surface area contributed by atoms with E-state index in [9.17, 15) is 0 Å². The number of rotatable bonds is 4. The van der Waals surface area contributed by atoms with Crippen LogP contribution in [0.3, 0.4) is 0 Å². The molecule has 1 saturated carbocycles. The number of anilines is 2. The molecule has 1 aromatic heterocycles. The molecule has 4 heteroatoms. The molecule has 2 N–H and O–H groups in total. The van der Waals surface area contributed by atoms with Gasteiger partial charge in [-0.1, -0.05) is 0 Å². The van der Waals surface area contributed by atoms with Gasteiger partial charge in [-0.3, -0.25) is 4.98 Å². The average Bonchev–Trinajstić information content (AvgIpc) is 2.43. The first-order chi connectivity index (χ1) is 10.0. The summed E-state index contributed by atoms with van der Waals surface area (Å²) >= 11 is 0. The number of nitrogen functional groups attached to an aromatic ring is 1. The largest absolute Gasteiger partial charge is 0.396 e. The zero-order chi connectivity index (χ0) is 15.0. The van der Waals surface area contributed by atoms with Gasteiger partial charge in [-0.25, -0.2) is 0 Å². The summed E-state index contributed by atoms with van der Waals surface area (Å²) in [7, 11) is 6.50. The number of pyridine rings is 1. The van der Waals surface area contributed by atoms with E-state index in [0.717, 1.165) is 28.8 Å². The highest BCUT2D eigenvalue weighted by Crippen LogP contribution is 2.39. The molecule has 0 spiro atoms. The average molecular weight is 284 g/mol. The highest BCUT2D eigenvalue weighted by Gasteiger charge is 2.40. The quantitative estimate of drug-likeness (QED) is 0.877. The Bertz CT molecular complexity index is 646. The van der Waals surface area contributed by atoms with Gasteiger partial charge < -0.3 is 15.5 Å². The van der Waals surface area contributed by atoms with Crippen LogP contribution in [0.25, 0.3) is 10.9 Å². The van der Waals surface area contributed by atoms with Crippen molar-refractivity contribution in [3.05, 3.63) is 30.5 Å². The first-order valence-corrected chi connectivity index (χ1v) is 7.55. The lowest BCUT2D eigenvalue weighted by Crippen LogP contribution is -2.56. The van der Waals surface area contributed by atoms with Crippen molar-refractivity contribution < 1.29 is 0 Å². The number of hydrogen-bond acceptors (Lipinski definition) is 4. The van der Waals surface area contributed by atoms with Crippen molar-refractivity contribution in [3.8, 4) is 0 Å². The van der Waals surface area contributed by atoms with Crippen LogP contribution in [0.1, 0.15) is 19.3 Å². The van der Waals surface area contributed by atoms with Crippen LogP contribution < -0.4 is 10.6 Å². The molecule has 1 heterocycles. The molecule has 0 saturated heterocycles. The Morgan fingerprint density at radius 3 is 2.57 bits per heavy atom. The Hall–Kier alpha value is -1.81. The molecule has 0 amide bonds. The Morgan fingerprint density at radius 1 is 1.19 bits per heavy atom. The molecule has 4 nitrogen and oxygen atoms in total. The molecular weight excluding hydrogens is 260 g/mol. The maximum Gasteiger partial charge on any atom is 0.0724 e. The van der Waals surface area contributed by atoms with Gasteiger partial charge in [-0.15, -0.1) is 0 Å². The molecule has 1 aromatic carbocycles. The van der Waals surface area contributed by atoms with Crippen molar-refractivity contribution in [1.82, 2.24) is 9.88 Å². The smallest absolute Gasteiger partial charge is 0.0724 e. The van der Waals surface area contributed by atoms with Crippen LogP contribution in [0.4, 0.5) is 11.4 Å². The zero-order valence-corrected chi connectivity index (χ0v) is 13.1. The summed E-state index contributed by atoms with van der Waals surface area (Å²) in [5, 5.41) is 1.04. The van der Waals surface area contributed by atoms with Crippen LogP contribution in [0.15, 0.2) is 30.5 Å². The summed E-state index contributed by atoms with van der Waals surface area (Å²) in [6, 6.07) is 8.13. The monoisotopic (exact) mass is 284 g/mol. The van der Waals surface area contributed by atoms with Gasteiger partial charge in [-0.2, -0.15) is 0 Å². The van der Waals surface area contributed by atoms with E-state index in [1.807, 2.05) is 12.1 Å². The van der Waals surface area contributed by atoms with Gasteiger partial charge in [0.25, 0.3) is 0 Å². The van der Waals surface area contributed by atoms with Gasteiger partial charge in [0.15, 0.2) is 0 Å². The molecule has 0 bridgehead atoms. The summed E-state index contributed by atoms with van der Waals surface area (Å²) in [6.07, 6.45) is 5.66. The van der Waals surface area contributed by atoms with Crippen LogP contribution in [0.2, 0.25) is 0 Å². The summed E-state index contributed by atoms with van der Waals surface area (Å²) in [4.78, 5) is 9.03. The van der Waals surface area contributed by atoms with Gasteiger partial charge in [0.1, 0.15) is 0 Å². The zero-order valence-electron chi connectivity index (χ0n) is 13.1. The van der Waals surface area contributed by atoms with Gasteiger partial charge in [0.2, 0.25) is 0 Å². The lowest BCUT2D eigenvalue weighted by atomic mass is 9.75. The summed E-state index contributed by atoms with van der Waals surface area (Å²) in [5.74, 6) is 0. The minimum atomic E-state index is 0.297. The van der Waals surface area contributed by atoms with Crippen molar-refractivity contribution in [2.75, 3.05) is 38.3 Å². The Labute approximate surface area is 126 Å². The lowest BCUT2D eigenvalue weighted by Gasteiger charge is -2.49. The van der Waals surface area contributed by atoms with Crippen molar-refractivity contribution in [2.24, 2.45) is 0 Å². The number of hydrogen-bond donors (Lipinski definition) is 1. The minimum Gasteiger partial charge on any atom is -0.396 e. The van der Waals surface area contributed by atoms with Gasteiger partial charge in [-0.05, 0) is 57.6 Å². The Kier molecular flexibility index (Phi) is 3.49. The van der Waals surface area contributed by atoms with Crippen LogP contribution in [0, 0.1) is 0 Å². The number of benzene rings is 1. The van der Waals surface area contributed by atoms with Gasteiger partial charge >= 0.3 is 0 Å². The summed E-state index contributed by atoms with van der Waals surface area (Å²) < 4.78 is 0. The van der Waals surface area contributed by atoms with E-state index >= 15 is 0 Å². The summed E-state index contributed by atoms with van der Waals surface area (Å²) in [5.41, 5.74) is 9.56. The number of aromatic nitrogens is 1. The van der Waals surface area contributed by atoms with Crippen molar-refractivity contribution in [1.29, 1.82) is 0 Å². The number of nitrogens with zero attached hydrogens (tertiary/aromatic N) is 3. The predicted molar refractivity (Wildman–Crippen MR) is 89.7 cm³/mol. The second kappa shape index (κ2) is 5.19. The van der Waals surface area contributed by atoms with E-state index in [1.165, 1.54) is 19.3 Å². The third kappa shape index (κ3) is 2.33. The van der Waals surface area contributed by atoms with Crippen LogP contribution in [-0.4, -0.2) is 43.1 Å². The molecule has 2 aromatic rings. The third-order valence-corrected chi connectivity index (χ3v) is 4.98. The maximum absolute atomic E-state index is 6.38. The molecule has 3 rings (SSSR count). The van der Waals surface area contributed by atoms with Crippen LogP contribution in [-0.2, 0) is 0 Å². The first-order valence-electron chi connectivity index (χ1n) is 7.55. The Morgan fingerprint density at radius 2 is 1.95 bits per heavy atom. The van der Waals surface area contributed by atoms with E-state index in [0.29, 0.717) is 5.54 Å². The maximum atomic E-state index is 6.38. The van der Waals surface area contributed by atoms with Crippen molar-refractivity contribution in [3.63, 3.8) is 0 Å². The van der Waals surface area contributed by atoms with E-state index in [2.05, 4.69) is 48.1 Å². The first kappa shape index (κ1) is 14.1. The fourth-order valence-electron chi connectivity index (χ4n) is 3.35. The van der Waals surface area contributed by atoms with E-state index < -0.39 is 0 Å². The molecule has 1 aliphatic carbocycles. The minimum absolute atomic E-state index is 0.297. The standard InChI is InChI=1S/C17H24N4/c1-20(2)17(9-5-10-17)12-21(3)15-8-7-14-13(16(15)18)6-4-11-19-14/h4,6-8,11H,5,9-10,12,18H2,1-3H3. The molecule has 0 aliphatic heterocycles. The molecule has 112 valence electrons. The predicted octanol–water partition coefficient (Wildman–Crippen LogP) is 2.74. The highest BCUT2D eigenvalue weighted by molar-refractivity contribution is 5.97. The van der Waals surface area contributed by atoms with Crippen molar-refractivity contribution in [2.45, 2.75) is 24.8 Å². The van der Waals surface area contributed by atoms with Gasteiger partial charge in [0, 0.05) is 30.7 Å². The fraction of sp³-hybridized carbons (Fsp3) is 0.471. The number of nitrogens with two attached hydrogens (primary N) is 1. The normalized spacial score (nSPS) is 17.0. The fourth-order valence-corrected chi connectivity index (χ4v) is 3.35. The van der Waals surface area contributed by atoms with E-state index in [-0.39, 0.29) is 0 Å². The number of fused-ring (bicyclic) bond motifs is 1. The second-order valence-electron chi connectivity index (χ2n) is 6.40. The molecular formula is C17H24N4. The highest BCUT2D eigenvalue weighted by atomic mass is 15.2. The third-order valence-electron chi connectivity index (χ3n) is 4.98. The Balaban J connectivity index is 1.91. The van der Waals surface area contributed by atoms with E-state index in [4.69, 9.17) is 5.73 Å².